The van der Waals surface area contributed by atoms with E-state index in [0.717, 1.165) is 6.07 Å². The molecule has 1 aromatic rings. The van der Waals surface area contributed by atoms with Crippen molar-refractivity contribution in [1.82, 2.24) is 0 Å². The van der Waals surface area contributed by atoms with Gasteiger partial charge in [0.1, 0.15) is 0 Å². The summed E-state index contributed by atoms with van der Waals surface area (Å²) in [7, 11) is 0. The minimum absolute atomic E-state index is 0.0503. The van der Waals surface area contributed by atoms with E-state index in [1.165, 1.54) is 12.1 Å². The van der Waals surface area contributed by atoms with E-state index in [9.17, 15) is 14.5 Å². The molecule has 0 aliphatic rings. The lowest BCUT2D eigenvalue weighted by molar-refractivity contribution is -0.385. The van der Waals surface area contributed by atoms with E-state index in [2.05, 4.69) is 0 Å². The summed E-state index contributed by atoms with van der Waals surface area (Å²) < 4.78 is 18.4. The van der Waals surface area contributed by atoms with Crippen molar-refractivity contribution in [2.75, 3.05) is 6.61 Å². The summed E-state index contributed by atoms with van der Waals surface area (Å²) in [5.41, 5.74) is -0.274. The third-order valence-corrected chi connectivity index (χ3v) is 1.70. The molecule has 5 heteroatoms. The van der Waals surface area contributed by atoms with Crippen molar-refractivity contribution in [3.8, 4) is 5.75 Å². The van der Waals surface area contributed by atoms with Crippen LogP contribution >= 0.6 is 0 Å². The summed E-state index contributed by atoms with van der Waals surface area (Å²) in [6, 6.07) is 3.35. The van der Waals surface area contributed by atoms with Gasteiger partial charge in [0.15, 0.2) is 11.6 Å². The molecule has 4 nitrogen and oxygen atoms in total. The van der Waals surface area contributed by atoms with Gasteiger partial charge in [-0.05, 0) is 12.0 Å². The first-order chi connectivity index (χ1) is 7.00. The van der Waals surface area contributed by atoms with Gasteiger partial charge in [0, 0.05) is 6.07 Å². The molecule has 0 aliphatic carbocycles. The average Bonchev–Trinajstić information content (AvgIpc) is 2.15. The number of halogens is 1. The van der Waals surface area contributed by atoms with E-state index < -0.39 is 10.7 Å². The molecule has 0 aromatic heterocycles. The Labute approximate surface area is 86.8 Å². The van der Waals surface area contributed by atoms with Gasteiger partial charge in [-0.25, -0.2) is 4.39 Å². The molecule has 82 valence electrons. The third-order valence-electron chi connectivity index (χ3n) is 1.70. The van der Waals surface area contributed by atoms with Crippen molar-refractivity contribution in [2.24, 2.45) is 5.92 Å². The van der Waals surface area contributed by atoms with Crippen LogP contribution in [-0.2, 0) is 0 Å². The van der Waals surface area contributed by atoms with Crippen LogP contribution in [0.5, 0.6) is 5.75 Å². The number of non-ortho nitro benzene ring substituents is 1. The molecule has 0 radical (unpaired) electrons. The van der Waals surface area contributed by atoms with Crippen molar-refractivity contribution >= 4 is 5.69 Å². The van der Waals surface area contributed by atoms with Crippen LogP contribution in [0.15, 0.2) is 18.2 Å². The monoisotopic (exact) mass is 213 g/mol. The number of rotatable bonds is 4. The second-order valence-corrected chi connectivity index (χ2v) is 3.58. The Balaban J connectivity index is 2.79. The molecule has 1 rings (SSSR count). The highest BCUT2D eigenvalue weighted by Gasteiger charge is 2.11. The summed E-state index contributed by atoms with van der Waals surface area (Å²) >= 11 is 0. The molecule has 0 N–H and O–H groups in total. The van der Waals surface area contributed by atoms with Gasteiger partial charge in [0.2, 0.25) is 0 Å². The van der Waals surface area contributed by atoms with Crippen molar-refractivity contribution < 1.29 is 14.1 Å². The van der Waals surface area contributed by atoms with E-state index in [1.54, 1.807) is 0 Å². The van der Waals surface area contributed by atoms with Gasteiger partial charge in [0.25, 0.3) is 5.69 Å². The van der Waals surface area contributed by atoms with Gasteiger partial charge in [0.05, 0.1) is 17.6 Å². The maximum Gasteiger partial charge on any atom is 0.272 e. The smallest absolute Gasteiger partial charge is 0.272 e. The van der Waals surface area contributed by atoms with Crippen LogP contribution in [0.4, 0.5) is 10.1 Å². The number of hydrogen-bond donors (Lipinski definition) is 0. The lowest BCUT2D eigenvalue weighted by atomic mass is 10.2. The molecule has 0 spiro atoms. The molecular formula is C10H12FNO3. The van der Waals surface area contributed by atoms with Gasteiger partial charge >= 0.3 is 0 Å². The average molecular weight is 213 g/mol. The van der Waals surface area contributed by atoms with Crippen molar-refractivity contribution in [3.63, 3.8) is 0 Å². The molecule has 15 heavy (non-hydrogen) atoms. The van der Waals surface area contributed by atoms with E-state index >= 15 is 0 Å². The standard InChI is InChI=1S/C10H12FNO3/c1-7(2)6-15-10-4-3-8(12(13)14)5-9(10)11/h3-5,7H,6H2,1-2H3. The second kappa shape index (κ2) is 4.72. The second-order valence-electron chi connectivity index (χ2n) is 3.58. The molecule has 0 fully saturated rings. The summed E-state index contributed by atoms with van der Waals surface area (Å²) in [6.07, 6.45) is 0. The maximum atomic E-state index is 13.2. The highest BCUT2D eigenvalue weighted by molar-refractivity contribution is 5.37. The Morgan fingerprint density at radius 2 is 2.20 bits per heavy atom. The first-order valence-electron chi connectivity index (χ1n) is 4.57. The van der Waals surface area contributed by atoms with Crippen LogP contribution in [0.2, 0.25) is 0 Å². The Bertz CT molecular complexity index is 366. The zero-order valence-electron chi connectivity index (χ0n) is 8.57. The highest BCUT2D eigenvalue weighted by Crippen LogP contribution is 2.22. The Kier molecular flexibility index (Phi) is 3.60. The predicted molar refractivity (Wildman–Crippen MR) is 53.4 cm³/mol. The van der Waals surface area contributed by atoms with Gasteiger partial charge < -0.3 is 4.74 Å². The zero-order valence-corrected chi connectivity index (χ0v) is 8.57. The van der Waals surface area contributed by atoms with Gasteiger partial charge in [-0.3, -0.25) is 10.1 Å². The third kappa shape index (κ3) is 3.19. The van der Waals surface area contributed by atoms with Crippen LogP contribution in [0, 0.1) is 21.8 Å². The Morgan fingerprint density at radius 1 is 1.53 bits per heavy atom. The van der Waals surface area contributed by atoms with Gasteiger partial charge in [-0.1, -0.05) is 13.8 Å². The molecule has 0 heterocycles. The van der Waals surface area contributed by atoms with Crippen LogP contribution in [0.25, 0.3) is 0 Å². The molecule has 0 unspecified atom stereocenters. The van der Waals surface area contributed by atoms with Crippen molar-refractivity contribution in [2.45, 2.75) is 13.8 Å². The predicted octanol–water partition coefficient (Wildman–Crippen LogP) is 2.77. The van der Waals surface area contributed by atoms with Gasteiger partial charge in [-0.2, -0.15) is 0 Å². The maximum absolute atomic E-state index is 13.2. The quantitative estimate of drug-likeness (QED) is 0.570. The van der Waals surface area contributed by atoms with Crippen LogP contribution in [0.1, 0.15) is 13.8 Å². The Morgan fingerprint density at radius 3 is 2.67 bits per heavy atom. The van der Waals surface area contributed by atoms with E-state index in [1.807, 2.05) is 13.8 Å². The number of nitro groups is 1. The summed E-state index contributed by atoms with van der Waals surface area (Å²) in [5.74, 6) is -0.376. The molecule has 1 aromatic carbocycles. The molecule has 0 bridgehead atoms. The zero-order chi connectivity index (χ0) is 11.4. The van der Waals surface area contributed by atoms with E-state index in [0.29, 0.717) is 6.61 Å². The molecule has 0 saturated carbocycles. The number of nitro benzene ring substituents is 1. The number of nitrogens with zero attached hydrogens (tertiary/aromatic N) is 1. The minimum atomic E-state index is -0.704. The van der Waals surface area contributed by atoms with E-state index in [-0.39, 0.29) is 17.4 Å². The van der Waals surface area contributed by atoms with Crippen LogP contribution in [0.3, 0.4) is 0 Å². The van der Waals surface area contributed by atoms with Crippen LogP contribution in [-0.4, -0.2) is 11.5 Å². The topological polar surface area (TPSA) is 52.4 Å². The minimum Gasteiger partial charge on any atom is -0.490 e. The lowest BCUT2D eigenvalue weighted by Gasteiger charge is -2.08. The molecular weight excluding hydrogens is 201 g/mol. The van der Waals surface area contributed by atoms with Crippen molar-refractivity contribution in [1.29, 1.82) is 0 Å². The normalized spacial score (nSPS) is 10.4. The number of ether oxygens (including phenoxy) is 1. The molecule has 0 aliphatic heterocycles. The first kappa shape index (κ1) is 11.4. The van der Waals surface area contributed by atoms with Gasteiger partial charge in [-0.15, -0.1) is 0 Å². The summed E-state index contributed by atoms with van der Waals surface area (Å²) in [6.45, 7) is 4.25. The highest BCUT2D eigenvalue weighted by atomic mass is 19.1. The fraction of sp³-hybridized carbons (Fsp3) is 0.400. The number of hydrogen-bond acceptors (Lipinski definition) is 3. The van der Waals surface area contributed by atoms with E-state index in [4.69, 9.17) is 4.74 Å². The lowest BCUT2D eigenvalue weighted by Crippen LogP contribution is -2.05. The SMILES string of the molecule is CC(C)COc1ccc([N+](=O)[O-])cc1F. The fourth-order valence-corrected chi connectivity index (χ4v) is 0.977. The van der Waals surface area contributed by atoms with Crippen molar-refractivity contribution in [3.05, 3.63) is 34.1 Å². The molecule has 0 amide bonds. The molecule has 0 atom stereocenters. The largest absolute Gasteiger partial charge is 0.490 e. The van der Waals surface area contributed by atoms with Crippen LogP contribution < -0.4 is 4.74 Å². The number of benzene rings is 1. The summed E-state index contributed by atoms with van der Waals surface area (Å²) in [4.78, 5) is 9.69. The first-order valence-corrected chi connectivity index (χ1v) is 4.57. The Hall–Kier alpha value is -1.65. The fourth-order valence-electron chi connectivity index (χ4n) is 0.977. The molecule has 0 saturated heterocycles. The summed E-state index contributed by atoms with van der Waals surface area (Å²) in [5, 5.41) is 10.3.